The Kier molecular flexibility index (Phi) is 15.6. The van der Waals surface area contributed by atoms with Crippen molar-refractivity contribution in [2.45, 2.75) is 104 Å². The molecule has 1 amide bonds. The quantitative estimate of drug-likeness (QED) is 0.0433. The largest absolute Gasteiger partial charge is 0.478 e. The van der Waals surface area contributed by atoms with E-state index in [1.165, 1.54) is 23.0 Å². The molecular formula is C83H81N13O6. The van der Waals surface area contributed by atoms with Gasteiger partial charge in [0.15, 0.2) is 0 Å². The van der Waals surface area contributed by atoms with Gasteiger partial charge >= 0.3 is 11.6 Å². The molecule has 12 N–H and O–H groups in total. The Labute approximate surface area is 589 Å². The van der Waals surface area contributed by atoms with Crippen molar-refractivity contribution in [2.75, 3.05) is 37.6 Å². The van der Waals surface area contributed by atoms with Gasteiger partial charge in [-0.2, -0.15) is 0 Å². The molecule has 1 atom stereocenters. The number of aliphatic imine (C=N–C) groups is 1. The number of anilines is 3. The third-order valence-corrected chi connectivity index (χ3v) is 20.4. The molecular weight excluding hydrogens is 1270 g/mol. The highest BCUT2D eigenvalue weighted by Gasteiger charge is 2.49. The summed E-state index contributed by atoms with van der Waals surface area (Å²) in [6, 6.07) is 42.5. The minimum absolute atomic E-state index is 0.0117. The number of H-pyrrole nitrogens is 4. The number of aromatic amines is 4. The van der Waals surface area contributed by atoms with Gasteiger partial charge in [0.05, 0.1) is 69.2 Å². The molecule has 19 heteroatoms. The van der Waals surface area contributed by atoms with E-state index in [2.05, 4.69) is 209 Å². The van der Waals surface area contributed by atoms with E-state index in [0.29, 0.717) is 87.2 Å². The molecule has 1 unspecified atom stereocenters. The zero-order chi connectivity index (χ0) is 71.0. The number of ether oxygens (including phenoxy) is 1. The van der Waals surface area contributed by atoms with Crippen LogP contribution in [0.5, 0.6) is 0 Å². The number of fused-ring (bicyclic) bond motifs is 8. The average Bonchev–Trinajstić information content (AvgIpc) is 1.34. The summed E-state index contributed by atoms with van der Waals surface area (Å²) in [7, 11) is 0. The Morgan fingerprint density at radius 1 is 0.608 bits per heavy atom. The number of hydrogen-bond donors (Lipinski definition) is 9. The van der Waals surface area contributed by atoms with Crippen LogP contribution in [0.3, 0.4) is 0 Å². The van der Waals surface area contributed by atoms with E-state index >= 15 is 0 Å². The molecule has 4 aromatic heterocycles. The highest BCUT2D eigenvalue weighted by Crippen LogP contribution is 2.58. The molecule has 8 bridgehead atoms. The molecule has 4 aromatic carbocycles. The van der Waals surface area contributed by atoms with Crippen LogP contribution in [-0.4, -0.2) is 89.9 Å². The van der Waals surface area contributed by atoms with E-state index in [1.54, 1.807) is 0 Å². The zero-order valence-corrected chi connectivity index (χ0v) is 58.6. The van der Waals surface area contributed by atoms with Crippen LogP contribution >= 0.6 is 0 Å². The zero-order valence-electron chi connectivity index (χ0n) is 58.6. The van der Waals surface area contributed by atoms with Gasteiger partial charge in [-0.05, 0) is 154 Å². The van der Waals surface area contributed by atoms with Gasteiger partial charge in [-0.15, -0.1) is 0 Å². The van der Waals surface area contributed by atoms with Gasteiger partial charge in [0.1, 0.15) is 22.9 Å². The number of carboxylic acid groups (broad SMARTS) is 1. The first kappa shape index (κ1) is 65.2. The fourth-order valence-corrected chi connectivity index (χ4v) is 15.3. The average molecular weight is 1360 g/mol. The van der Waals surface area contributed by atoms with Crippen molar-refractivity contribution in [3.63, 3.8) is 0 Å². The maximum atomic E-state index is 14.5. The number of hydrogen-bond acceptors (Lipinski definition) is 12. The number of amides is 1. The second-order valence-corrected chi connectivity index (χ2v) is 30.0. The summed E-state index contributed by atoms with van der Waals surface area (Å²) < 4.78 is 14.5. The SMILES string of the molecule is CC(C)(C)c1ccc(-c2c3nc(c(-c4ccc(C(C)(C)C)cc4)c4ccc([nH]4)c(-c4ccc(C(C)(C)C)cc4)c4nc(c(-c5ccc(C(=O)NCCN=C6C7=COC8C(C(=O)O)=C(CCN)c9[nH]c%10c(CCCN)[nH]c%11oc(=O)c(c%12c%11N%10c9n8c%127)=C6CN)cc5)c5ccc2[nH]5)C=C4)C=C3)cc1. The maximum absolute atomic E-state index is 14.5. The molecule has 0 radical (unpaired) electrons. The fraction of sp³-hybridized carbons (Fsp3) is 0.253. The topological polar surface area (TPSA) is 293 Å². The molecule has 8 aliphatic rings. The number of carbonyl (C=O) groups excluding carboxylic acids is 1. The van der Waals surface area contributed by atoms with Gasteiger partial charge in [0, 0.05) is 73.9 Å². The number of rotatable bonds is 15. The number of nitrogens with one attached hydrogen (secondary N) is 5. The van der Waals surface area contributed by atoms with Crippen molar-refractivity contribution in [3.8, 4) is 44.5 Å². The summed E-state index contributed by atoms with van der Waals surface area (Å²) in [5.41, 5.74) is 40.6. The Morgan fingerprint density at radius 3 is 1.53 bits per heavy atom. The number of aryl methyl sites for hydroxylation is 1. The Balaban J connectivity index is 0.795. The molecule has 514 valence electrons. The van der Waals surface area contributed by atoms with Crippen LogP contribution in [0.25, 0.3) is 119 Å². The van der Waals surface area contributed by atoms with E-state index in [4.69, 9.17) is 41.3 Å². The molecule has 8 aromatic rings. The standard InChI is InChI=1S/C83H81N13O6/c1-81(2,3)48-22-16-44(17-23-48)64-56-30-28-54(89-56)63(55-29-31-57(90-55)65(45-18-24-49(25-19-45)82(4,5)6)59-33-35-61(92-59)66(60-34-32-58(64)91-60)46-20-26-50(27-21-46)83(7,8)9)43-12-14-47(15-13-43)75(97)88-40-39-87-70-52(41-86)67-69-72-53(70)42-101-78-68(79(98)99)51(36-38-85)71-77(96(72)78)95-73(69)76(102-80(67)100)93-62(11-10-37-84)74(95)94-71/h12-35,42,78,89,92-94H,10-11,36-41,84-86H2,1-9H3,(H,88,97)(H,98,99). The molecule has 11 heterocycles. The summed E-state index contributed by atoms with van der Waals surface area (Å²) in [4.78, 5) is 75.3. The van der Waals surface area contributed by atoms with Gasteiger partial charge < -0.3 is 56.7 Å². The molecule has 16 rings (SSSR count). The van der Waals surface area contributed by atoms with Gasteiger partial charge in [-0.1, -0.05) is 147 Å². The van der Waals surface area contributed by atoms with E-state index in [9.17, 15) is 19.5 Å². The van der Waals surface area contributed by atoms with Crippen LogP contribution in [0.2, 0.25) is 0 Å². The Morgan fingerprint density at radius 2 is 1.09 bits per heavy atom. The fourth-order valence-electron chi connectivity index (χ4n) is 15.3. The molecule has 0 spiro atoms. The van der Waals surface area contributed by atoms with Crippen molar-refractivity contribution in [2.24, 2.45) is 22.2 Å². The highest BCUT2D eigenvalue weighted by atomic mass is 16.5. The van der Waals surface area contributed by atoms with Crippen molar-refractivity contribution < 1.29 is 23.8 Å². The Hall–Kier alpha value is -11.4. The van der Waals surface area contributed by atoms with Crippen molar-refractivity contribution in [1.29, 1.82) is 0 Å². The second-order valence-electron chi connectivity index (χ2n) is 30.0. The van der Waals surface area contributed by atoms with Crippen LogP contribution < -0.4 is 38.3 Å². The van der Waals surface area contributed by atoms with Crippen LogP contribution in [0.1, 0.15) is 148 Å². The van der Waals surface area contributed by atoms with E-state index in [1.807, 2.05) is 33.7 Å². The van der Waals surface area contributed by atoms with E-state index in [0.717, 1.165) is 89.4 Å². The lowest BCUT2D eigenvalue weighted by molar-refractivity contribution is -0.134. The van der Waals surface area contributed by atoms with E-state index in [-0.39, 0.29) is 71.3 Å². The normalized spacial score (nSPS) is 15.4. The Bertz CT molecular complexity index is 5630. The number of nitrogens with two attached hydrogens (primary N) is 3. The number of aliphatic carboxylic acids is 1. The summed E-state index contributed by atoms with van der Waals surface area (Å²) in [6.45, 7) is 20.7. The predicted octanol–water partition coefficient (Wildman–Crippen LogP) is 14.8. The van der Waals surface area contributed by atoms with Crippen molar-refractivity contribution in [3.05, 3.63) is 211 Å². The van der Waals surface area contributed by atoms with Crippen molar-refractivity contribution in [1.82, 2.24) is 39.8 Å². The first-order valence-corrected chi connectivity index (χ1v) is 34.9. The summed E-state index contributed by atoms with van der Waals surface area (Å²) in [5, 5.41) is 14.7. The van der Waals surface area contributed by atoms with Crippen LogP contribution in [0, 0.1) is 0 Å². The number of carboxylic acids is 1. The smallest absolute Gasteiger partial charge is 0.346 e. The monoisotopic (exact) mass is 1360 g/mol. The highest BCUT2D eigenvalue weighted by molar-refractivity contribution is 6.45. The number of nitrogens with zero attached hydrogens (tertiary/aromatic N) is 5. The van der Waals surface area contributed by atoms with Gasteiger partial charge in [-0.3, -0.25) is 19.3 Å². The molecule has 102 heavy (non-hydrogen) atoms. The third-order valence-electron chi connectivity index (χ3n) is 20.4. The van der Waals surface area contributed by atoms with Gasteiger partial charge in [-0.25, -0.2) is 19.6 Å². The predicted molar refractivity (Wildman–Crippen MR) is 409 cm³/mol. The van der Waals surface area contributed by atoms with E-state index < -0.39 is 17.8 Å². The third kappa shape index (κ3) is 10.7. The van der Waals surface area contributed by atoms with Crippen molar-refractivity contribution >= 4 is 109 Å². The van der Waals surface area contributed by atoms with Crippen LogP contribution in [0.4, 0.5) is 17.3 Å². The first-order chi connectivity index (χ1) is 49.0. The lowest BCUT2D eigenvalue weighted by Crippen LogP contribution is -2.43. The number of benzene rings is 4. The molecule has 7 aliphatic heterocycles. The van der Waals surface area contributed by atoms with Crippen LogP contribution in [0.15, 0.2) is 147 Å². The maximum Gasteiger partial charge on any atom is 0.346 e. The summed E-state index contributed by atoms with van der Waals surface area (Å²) in [6.07, 6.45) is 10.2. The molecule has 19 nitrogen and oxygen atoms in total. The second kappa shape index (κ2) is 24.5. The lowest BCUT2D eigenvalue weighted by Gasteiger charge is -2.42. The lowest BCUT2D eigenvalue weighted by atomic mass is 9.86. The molecule has 0 saturated heterocycles. The summed E-state index contributed by atoms with van der Waals surface area (Å²) >= 11 is 0. The molecule has 0 saturated carbocycles. The minimum atomic E-state index is -1.17. The number of allylic oxidation sites excluding steroid dienone is 1. The molecule has 0 fully saturated rings. The molecule has 1 aliphatic carbocycles. The first-order valence-electron chi connectivity index (χ1n) is 34.9. The van der Waals surface area contributed by atoms with Gasteiger partial charge in [0.2, 0.25) is 11.9 Å². The minimum Gasteiger partial charge on any atom is -0.478 e. The van der Waals surface area contributed by atoms with Crippen LogP contribution in [-0.2, 0) is 32.2 Å². The number of aromatic nitrogens is 7. The van der Waals surface area contributed by atoms with Gasteiger partial charge in [0.25, 0.3) is 5.91 Å². The summed E-state index contributed by atoms with van der Waals surface area (Å²) in [5.74, 6) is -0.247. The number of carbonyl (C=O) groups is 2.